The number of hydrogen-bond acceptors (Lipinski definition) is 4. The Morgan fingerprint density at radius 1 is 1.55 bits per heavy atom. The number of rotatable bonds is 3. The Morgan fingerprint density at radius 3 is 2.75 bits per heavy atom. The summed E-state index contributed by atoms with van der Waals surface area (Å²) in [5, 5.41) is -0.990. The summed E-state index contributed by atoms with van der Waals surface area (Å²) in [6.45, 7) is 2.02. The summed E-state index contributed by atoms with van der Waals surface area (Å²) < 4.78 is 43.1. The molecule has 0 amide bonds. The summed E-state index contributed by atoms with van der Waals surface area (Å²) in [5.74, 6) is -0.0535. The van der Waals surface area contributed by atoms with E-state index in [4.69, 9.17) is 4.74 Å². The number of carbonyl (C=O) groups excluding carboxylic acids is 1. The summed E-state index contributed by atoms with van der Waals surface area (Å²) in [4.78, 5) is 15.8. The summed E-state index contributed by atoms with van der Waals surface area (Å²) in [5.41, 5.74) is -0.993. The van der Waals surface area contributed by atoms with Gasteiger partial charge in [-0.25, -0.2) is 4.98 Å². The predicted octanol–water partition coefficient (Wildman–Crippen LogP) is 3.94. The smallest absolute Gasteiger partial charge is 0.370 e. The molecular weight excluding hydrogens is 291 g/mol. The monoisotopic (exact) mass is 307 g/mol. The number of hydrogen-bond donors (Lipinski definition) is 0. The van der Waals surface area contributed by atoms with Crippen molar-refractivity contribution in [2.24, 2.45) is 5.92 Å². The number of methoxy groups -OCH3 is 1. The number of Topliss-reactive ketones (excluding diaryl/α,β-unsaturated/α-hetero) is 1. The molecule has 1 heterocycles. The Balaban J connectivity index is 2.27. The van der Waals surface area contributed by atoms with Gasteiger partial charge in [-0.05, 0) is 25.2 Å². The van der Waals surface area contributed by atoms with Crippen LogP contribution in [-0.4, -0.2) is 23.5 Å². The van der Waals surface area contributed by atoms with Gasteiger partial charge in [-0.1, -0.05) is 13.3 Å². The van der Waals surface area contributed by atoms with Gasteiger partial charge in [0, 0.05) is 13.3 Å². The van der Waals surface area contributed by atoms with E-state index in [-0.39, 0.29) is 10.7 Å². The average molecular weight is 307 g/mol. The van der Waals surface area contributed by atoms with Crippen molar-refractivity contribution < 1.29 is 22.7 Å². The number of ketones is 1. The molecule has 1 aliphatic rings. The summed E-state index contributed by atoms with van der Waals surface area (Å²) in [6, 6.07) is 0. The molecule has 2 atom stereocenters. The lowest BCUT2D eigenvalue weighted by Gasteiger charge is -2.37. The first-order chi connectivity index (χ1) is 9.28. The van der Waals surface area contributed by atoms with Crippen molar-refractivity contribution in [1.82, 2.24) is 4.98 Å². The van der Waals surface area contributed by atoms with Gasteiger partial charge in [-0.3, -0.25) is 4.79 Å². The highest BCUT2D eigenvalue weighted by Crippen LogP contribution is 2.39. The molecule has 1 aliphatic carbocycles. The maximum atomic E-state index is 12.6. The first-order valence-electron chi connectivity index (χ1n) is 6.41. The second-order valence-electron chi connectivity index (χ2n) is 5.26. The summed E-state index contributed by atoms with van der Waals surface area (Å²) in [7, 11) is 1.45. The molecule has 2 rings (SSSR count). The highest BCUT2D eigenvalue weighted by atomic mass is 32.1. The van der Waals surface area contributed by atoms with Crippen LogP contribution < -0.4 is 0 Å². The third-order valence-corrected chi connectivity index (χ3v) is 4.77. The summed E-state index contributed by atoms with van der Waals surface area (Å²) >= 11 is 0.391. The molecule has 0 N–H and O–H groups in total. The molecule has 0 spiro atoms. The number of thiazole rings is 1. The van der Waals surface area contributed by atoms with Crippen molar-refractivity contribution >= 4 is 17.1 Å². The molecule has 1 fully saturated rings. The van der Waals surface area contributed by atoms with E-state index in [0.717, 1.165) is 19.0 Å². The molecule has 1 aromatic heterocycles. The standard InChI is InChI=1S/C13H16F3NO2S/c1-8-4-3-5-12(6-8,19-2)10(18)9-7-17-11(20-9)13(14,15)16/h7-8H,3-6H2,1-2H3. The maximum absolute atomic E-state index is 12.6. The third kappa shape index (κ3) is 2.88. The van der Waals surface area contributed by atoms with Crippen LogP contribution in [0.2, 0.25) is 0 Å². The Bertz CT molecular complexity index is 500. The average Bonchev–Trinajstić information content (AvgIpc) is 2.87. The van der Waals surface area contributed by atoms with Crippen LogP contribution in [0.5, 0.6) is 0 Å². The van der Waals surface area contributed by atoms with Crippen molar-refractivity contribution in [3.63, 3.8) is 0 Å². The zero-order valence-corrected chi connectivity index (χ0v) is 12.1. The highest BCUT2D eigenvalue weighted by Gasteiger charge is 2.44. The molecule has 2 unspecified atom stereocenters. The molecule has 20 heavy (non-hydrogen) atoms. The number of ether oxygens (including phenoxy) is 1. The summed E-state index contributed by atoms with van der Waals surface area (Å²) in [6.07, 6.45) is -0.562. The van der Waals surface area contributed by atoms with E-state index in [1.807, 2.05) is 6.92 Å². The Kier molecular flexibility index (Phi) is 4.20. The lowest BCUT2D eigenvalue weighted by atomic mass is 9.76. The van der Waals surface area contributed by atoms with Crippen LogP contribution in [0.4, 0.5) is 13.2 Å². The first-order valence-corrected chi connectivity index (χ1v) is 7.23. The largest absolute Gasteiger partial charge is 0.443 e. The first kappa shape index (κ1) is 15.4. The van der Waals surface area contributed by atoms with Gasteiger partial charge in [-0.2, -0.15) is 13.2 Å². The highest BCUT2D eigenvalue weighted by molar-refractivity contribution is 7.13. The molecule has 3 nitrogen and oxygen atoms in total. The lowest BCUT2D eigenvalue weighted by Crippen LogP contribution is -2.44. The van der Waals surface area contributed by atoms with E-state index in [1.54, 1.807) is 0 Å². The van der Waals surface area contributed by atoms with Gasteiger partial charge in [0.2, 0.25) is 5.78 Å². The van der Waals surface area contributed by atoms with Crippen LogP contribution in [0.25, 0.3) is 0 Å². The van der Waals surface area contributed by atoms with Gasteiger partial charge in [0.1, 0.15) is 5.60 Å². The van der Waals surface area contributed by atoms with Crippen LogP contribution in [0, 0.1) is 5.92 Å². The molecular formula is C13H16F3NO2S. The Labute approximate surface area is 119 Å². The molecule has 1 saturated carbocycles. The molecule has 0 aromatic carbocycles. The molecule has 0 bridgehead atoms. The molecule has 7 heteroatoms. The zero-order chi connectivity index (χ0) is 15.0. The lowest BCUT2D eigenvalue weighted by molar-refractivity contribution is -0.137. The molecule has 0 saturated heterocycles. The SMILES string of the molecule is COC1(C(=O)c2cnc(C(F)(F)F)s2)CCCC(C)C1. The van der Waals surface area contributed by atoms with E-state index in [0.29, 0.717) is 30.1 Å². The normalized spacial score (nSPS) is 27.6. The van der Waals surface area contributed by atoms with Crippen LogP contribution >= 0.6 is 11.3 Å². The van der Waals surface area contributed by atoms with Gasteiger partial charge in [0.05, 0.1) is 4.88 Å². The fraction of sp³-hybridized carbons (Fsp3) is 0.692. The molecule has 1 aromatic rings. The van der Waals surface area contributed by atoms with Crippen LogP contribution in [0.15, 0.2) is 6.20 Å². The van der Waals surface area contributed by atoms with E-state index in [9.17, 15) is 18.0 Å². The van der Waals surface area contributed by atoms with E-state index < -0.39 is 16.8 Å². The van der Waals surface area contributed by atoms with Crippen molar-refractivity contribution in [2.45, 2.75) is 44.4 Å². The van der Waals surface area contributed by atoms with E-state index in [1.165, 1.54) is 7.11 Å². The molecule has 0 radical (unpaired) electrons. The van der Waals surface area contributed by atoms with Crippen molar-refractivity contribution in [2.75, 3.05) is 7.11 Å². The fourth-order valence-electron chi connectivity index (χ4n) is 2.72. The minimum atomic E-state index is -4.51. The quantitative estimate of drug-likeness (QED) is 0.794. The van der Waals surface area contributed by atoms with Gasteiger partial charge < -0.3 is 4.74 Å². The topological polar surface area (TPSA) is 39.2 Å². The van der Waals surface area contributed by atoms with Gasteiger partial charge in [0.25, 0.3) is 0 Å². The maximum Gasteiger partial charge on any atom is 0.443 e. The molecule has 0 aliphatic heterocycles. The Morgan fingerprint density at radius 2 is 2.25 bits per heavy atom. The number of aromatic nitrogens is 1. The molecule has 112 valence electrons. The number of carbonyl (C=O) groups is 1. The van der Waals surface area contributed by atoms with Crippen molar-refractivity contribution in [3.05, 3.63) is 16.1 Å². The van der Waals surface area contributed by atoms with Crippen molar-refractivity contribution in [1.29, 1.82) is 0 Å². The second-order valence-corrected chi connectivity index (χ2v) is 6.29. The minimum absolute atomic E-state index is 0.0216. The number of nitrogens with zero attached hydrogens (tertiary/aromatic N) is 1. The van der Waals surface area contributed by atoms with Crippen molar-refractivity contribution in [3.8, 4) is 0 Å². The van der Waals surface area contributed by atoms with E-state index in [2.05, 4.69) is 4.98 Å². The van der Waals surface area contributed by atoms with Gasteiger partial charge in [-0.15, -0.1) is 11.3 Å². The second kappa shape index (κ2) is 5.44. The predicted molar refractivity (Wildman–Crippen MR) is 68.8 cm³/mol. The number of alkyl halides is 3. The van der Waals surface area contributed by atoms with Crippen LogP contribution in [-0.2, 0) is 10.9 Å². The Hall–Kier alpha value is -0.950. The van der Waals surface area contributed by atoms with E-state index >= 15 is 0 Å². The number of halogens is 3. The van der Waals surface area contributed by atoms with Crippen LogP contribution in [0.1, 0.15) is 47.3 Å². The van der Waals surface area contributed by atoms with Gasteiger partial charge >= 0.3 is 6.18 Å². The van der Waals surface area contributed by atoms with Gasteiger partial charge in [0.15, 0.2) is 5.01 Å². The fourth-order valence-corrected chi connectivity index (χ4v) is 3.54. The minimum Gasteiger partial charge on any atom is -0.370 e. The zero-order valence-electron chi connectivity index (χ0n) is 11.3. The van der Waals surface area contributed by atoms with Crippen LogP contribution in [0.3, 0.4) is 0 Å². The third-order valence-electron chi connectivity index (χ3n) is 3.73.